The van der Waals surface area contributed by atoms with Gasteiger partial charge >= 0.3 is 30.6 Å². The second-order valence-corrected chi connectivity index (χ2v) is 8.82. The molecule has 4 aromatic carbocycles. The van der Waals surface area contributed by atoms with Gasteiger partial charge in [0, 0.05) is 22.7 Å². The predicted octanol–water partition coefficient (Wildman–Crippen LogP) is 8.59. The molecule has 4 aromatic rings. The maximum Gasteiger partial charge on any atom is 0.519 e. The topological polar surface area (TPSA) is 118 Å². The van der Waals surface area contributed by atoms with E-state index in [0.29, 0.717) is 0 Å². The Kier molecular flexibility index (Phi) is 9.26. The summed E-state index contributed by atoms with van der Waals surface area (Å²) in [5.41, 5.74) is -1.48. The summed E-state index contributed by atoms with van der Waals surface area (Å²) < 4.78 is 87.2. The lowest BCUT2D eigenvalue weighted by molar-refractivity contribution is -0.138. The number of rotatable bonds is 6. The maximum atomic E-state index is 12.8. The van der Waals surface area contributed by atoms with Crippen molar-refractivity contribution >= 4 is 41.0 Å². The molecule has 0 fully saturated rings. The quantitative estimate of drug-likeness (QED) is 0.0981. The van der Waals surface area contributed by atoms with E-state index in [2.05, 4.69) is 21.3 Å². The minimum atomic E-state index is -4.56. The molecular formula is C29H20F6N4O5. The Balaban J connectivity index is 1.24. The van der Waals surface area contributed by atoms with Gasteiger partial charge in [-0.05, 0) is 84.9 Å². The first kappa shape index (κ1) is 31.2. The third-order valence-corrected chi connectivity index (χ3v) is 5.52. The maximum absolute atomic E-state index is 12.8. The molecule has 0 spiro atoms. The number of carbonyl (C=O) groups excluding carboxylic acids is 3. The average Bonchev–Trinajstić information content (AvgIpc) is 2.94. The lowest BCUT2D eigenvalue weighted by Crippen LogP contribution is -2.20. The zero-order valence-corrected chi connectivity index (χ0v) is 22.0. The largest absolute Gasteiger partial charge is 0.519 e. The lowest BCUT2D eigenvalue weighted by atomic mass is 10.2. The third-order valence-electron chi connectivity index (χ3n) is 5.52. The molecule has 0 radical (unpaired) electrons. The molecular weight excluding hydrogens is 598 g/mol. The minimum Gasteiger partial charge on any atom is -0.395 e. The number of amides is 4. The van der Waals surface area contributed by atoms with E-state index in [0.717, 1.165) is 36.4 Å². The van der Waals surface area contributed by atoms with Gasteiger partial charge < -0.3 is 30.7 Å². The molecule has 0 saturated carbocycles. The van der Waals surface area contributed by atoms with E-state index in [1.807, 2.05) is 0 Å². The highest BCUT2D eigenvalue weighted by molar-refractivity contribution is 6.00. The Morgan fingerprint density at radius 3 is 1.16 bits per heavy atom. The minimum absolute atomic E-state index is 0.0448. The van der Waals surface area contributed by atoms with Crippen molar-refractivity contribution in [1.82, 2.24) is 0 Å². The van der Waals surface area contributed by atoms with E-state index >= 15 is 0 Å². The molecule has 0 aliphatic rings. The van der Waals surface area contributed by atoms with Crippen LogP contribution in [0.25, 0.3) is 0 Å². The van der Waals surface area contributed by atoms with Gasteiger partial charge in [0.2, 0.25) is 0 Å². The van der Waals surface area contributed by atoms with E-state index in [-0.39, 0.29) is 34.2 Å². The molecule has 0 aliphatic heterocycles. The van der Waals surface area contributed by atoms with E-state index in [1.165, 1.54) is 60.7 Å². The van der Waals surface area contributed by atoms with Gasteiger partial charge in [0.15, 0.2) is 0 Å². The van der Waals surface area contributed by atoms with Gasteiger partial charge in [-0.15, -0.1) is 0 Å². The molecule has 0 unspecified atom stereocenters. The van der Waals surface area contributed by atoms with Crippen molar-refractivity contribution in [2.45, 2.75) is 12.4 Å². The van der Waals surface area contributed by atoms with Gasteiger partial charge in [-0.1, -0.05) is 12.1 Å². The summed E-state index contributed by atoms with van der Waals surface area (Å²) in [7, 11) is 0. The normalized spacial score (nSPS) is 11.2. The fourth-order valence-electron chi connectivity index (χ4n) is 3.56. The number of ether oxygens (including phenoxy) is 2. The predicted molar refractivity (Wildman–Crippen MR) is 148 cm³/mol. The monoisotopic (exact) mass is 618 g/mol. The first-order valence-electron chi connectivity index (χ1n) is 12.3. The van der Waals surface area contributed by atoms with Gasteiger partial charge in [-0.3, -0.25) is 0 Å². The number of nitrogens with one attached hydrogen (secondary N) is 4. The Bertz CT molecular complexity index is 1520. The molecule has 4 rings (SSSR count). The number of halogens is 6. The zero-order chi connectivity index (χ0) is 31.9. The second-order valence-electron chi connectivity index (χ2n) is 8.82. The lowest BCUT2D eigenvalue weighted by Gasteiger charge is -2.11. The molecule has 0 bridgehead atoms. The molecule has 228 valence electrons. The summed E-state index contributed by atoms with van der Waals surface area (Å²) >= 11 is 0. The van der Waals surface area contributed by atoms with Gasteiger partial charge in [0.05, 0.1) is 11.1 Å². The summed E-state index contributed by atoms with van der Waals surface area (Å²) in [5, 5.41) is 9.43. The highest BCUT2D eigenvalue weighted by Gasteiger charge is 2.31. The van der Waals surface area contributed by atoms with Gasteiger partial charge in [0.25, 0.3) is 0 Å². The summed E-state index contributed by atoms with van der Waals surface area (Å²) in [4.78, 5) is 36.4. The zero-order valence-electron chi connectivity index (χ0n) is 22.0. The molecule has 4 amide bonds. The smallest absolute Gasteiger partial charge is 0.395 e. The SMILES string of the molecule is O=C(Nc1ccc(OC(=O)Oc2ccc(NC(=O)Nc3cccc(C(F)(F)F)c3)cc2)cc1)Nc1cccc(C(F)(F)F)c1. The van der Waals surface area contributed by atoms with Crippen LogP contribution in [0.1, 0.15) is 11.1 Å². The number of urea groups is 2. The Labute approximate surface area is 244 Å². The van der Waals surface area contributed by atoms with Crippen LogP contribution in [0.3, 0.4) is 0 Å². The van der Waals surface area contributed by atoms with Crippen molar-refractivity contribution in [2.24, 2.45) is 0 Å². The number of benzene rings is 4. The van der Waals surface area contributed by atoms with Crippen LogP contribution >= 0.6 is 0 Å². The summed E-state index contributed by atoms with van der Waals surface area (Å²) in [6, 6.07) is 17.4. The number of hydrogen-bond acceptors (Lipinski definition) is 5. The average molecular weight is 618 g/mol. The van der Waals surface area contributed by atoms with E-state index in [1.54, 1.807) is 0 Å². The number of alkyl halides is 6. The molecule has 0 atom stereocenters. The highest BCUT2D eigenvalue weighted by Crippen LogP contribution is 2.32. The molecule has 0 heterocycles. The van der Waals surface area contributed by atoms with Crippen molar-refractivity contribution in [3.8, 4) is 11.5 Å². The van der Waals surface area contributed by atoms with Gasteiger partial charge in [0.1, 0.15) is 11.5 Å². The van der Waals surface area contributed by atoms with Crippen LogP contribution < -0.4 is 30.7 Å². The summed E-state index contributed by atoms with van der Waals surface area (Å²) in [5.74, 6) is 0.0896. The van der Waals surface area contributed by atoms with Crippen LogP contribution in [0.2, 0.25) is 0 Å². The van der Waals surface area contributed by atoms with Crippen LogP contribution in [-0.4, -0.2) is 18.2 Å². The number of carbonyl (C=O) groups is 3. The molecule has 0 saturated heterocycles. The third kappa shape index (κ3) is 9.14. The molecule has 9 nitrogen and oxygen atoms in total. The number of hydrogen-bond donors (Lipinski definition) is 4. The van der Waals surface area contributed by atoms with E-state index in [9.17, 15) is 40.7 Å². The van der Waals surface area contributed by atoms with Crippen molar-refractivity contribution in [1.29, 1.82) is 0 Å². The first-order chi connectivity index (χ1) is 20.7. The van der Waals surface area contributed by atoms with Crippen molar-refractivity contribution in [3.63, 3.8) is 0 Å². The van der Waals surface area contributed by atoms with E-state index < -0.39 is 41.7 Å². The van der Waals surface area contributed by atoms with Crippen LogP contribution in [0.15, 0.2) is 97.1 Å². The Hall–Kier alpha value is -5.73. The first-order valence-corrected chi connectivity index (χ1v) is 12.3. The van der Waals surface area contributed by atoms with E-state index in [4.69, 9.17) is 9.47 Å². The Morgan fingerprint density at radius 2 is 0.818 bits per heavy atom. The molecule has 44 heavy (non-hydrogen) atoms. The van der Waals surface area contributed by atoms with Gasteiger partial charge in [-0.2, -0.15) is 26.3 Å². The fourth-order valence-corrected chi connectivity index (χ4v) is 3.56. The van der Waals surface area contributed by atoms with Crippen LogP contribution in [-0.2, 0) is 12.4 Å². The Morgan fingerprint density at radius 1 is 0.477 bits per heavy atom. The molecule has 0 aliphatic carbocycles. The molecule has 0 aromatic heterocycles. The van der Waals surface area contributed by atoms with Crippen LogP contribution in [0.4, 0.5) is 63.5 Å². The van der Waals surface area contributed by atoms with Crippen molar-refractivity contribution in [3.05, 3.63) is 108 Å². The van der Waals surface area contributed by atoms with Gasteiger partial charge in [-0.25, -0.2) is 14.4 Å². The number of anilines is 4. The molecule has 4 N–H and O–H groups in total. The fraction of sp³-hybridized carbons (Fsp3) is 0.0690. The standard InChI is InChI=1S/C29H20F6N4O5/c30-28(31,32)17-3-1-5-21(15-17)38-25(40)36-19-7-11-23(12-8-19)43-27(42)44-24-13-9-20(10-14-24)37-26(41)39-22-6-2-4-18(16-22)29(33,34)35/h1-16H,(H2,36,38,40)(H2,37,39,41). The summed E-state index contributed by atoms with van der Waals surface area (Å²) in [6.45, 7) is 0. The van der Waals surface area contributed by atoms with Crippen LogP contribution in [0.5, 0.6) is 11.5 Å². The van der Waals surface area contributed by atoms with Crippen LogP contribution in [0, 0.1) is 0 Å². The second kappa shape index (κ2) is 13.1. The molecule has 15 heteroatoms. The summed E-state index contributed by atoms with van der Waals surface area (Å²) in [6.07, 6.45) is -10.2. The van der Waals surface area contributed by atoms with Crippen molar-refractivity contribution in [2.75, 3.05) is 21.3 Å². The van der Waals surface area contributed by atoms with Crippen molar-refractivity contribution < 1.29 is 50.2 Å². The highest BCUT2D eigenvalue weighted by atomic mass is 19.4.